The third-order valence-electron chi connectivity index (χ3n) is 2.80. The highest BCUT2D eigenvalue weighted by atomic mass is 16.4. The first-order valence-electron chi connectivity index (χ1n) is 6.77. The molecule has 0 heterocycles. The normalized spacial score (nSPS) is 12.2. The third kappa shape index (κ3) is 4.47. The second kappa shape index (κ2) is 7.02. The molecule has 0 saturated carbocycles. The van der Waals surface area contributed by atoms with Crippen LogP contribution in [0.15, 0.2) is 29.4 Å². The highest BCUT2D eigenvalue weighted by molar-refractivity contribution is 6.02. The number of nitrogens with zero attached hydrogens (tertiary/aromatic N) is 2. The summed E-state index contributed by atoms with van der Waals surface area (Å²) in [5.41, 5.74) is 7.58. The van der Waals surface area contributed by atoms with E-state index in [0.29, 0.717) is 11.8 Å². The van der Waals surface area contributed by atoms with E-state index < -0.39 is 0 Å². The Morgan fingerprint density at radius 2 is 1.68 bits per heavy atom. The number of nitrogens with two attached hydrogens (primary N) is 1. The number of para-hydroxylation sites is 1. The molecule has 106 valence electrons. The highest BCUT2D eigenvalue weighted by Crippen LogP contribution is 2.22. The summed E-state index contributed by atoms with van der Waals surface area (Å²) in [7, 11) is 0. The largest absolute Gasteiger partial charge is 0.409 e. The second-order valence-corrected chi connectivity index (χ2v) is 5.70. The molecule has 0 atom stereocenters. The predicted octanol–water partition coefficient (Wildman–Crippen LogP) is 2.90. The summed E-state index contributed by atoms with van der Waals surface area (Å²) in [6.45, 7) is 10.7. The number of anilines is 1. The van der Waals surface area contributed by atoms with Gasteiger partial charge in [-0.3, -0.25) is 0 Å². The summed E-state index contributed by atoms with van der Waals surface area (Å²) in [6.07, 6.45) is 0. The lowest BCUT2D eigenvalue weighted by Gasteiger charge is -2.30. The van der Waals surface area contributed by atoms with E-state index in [-0.39, 0.29) is 5.84 Å². The van der Waals surface area contributed by atoms with E-state index in [0.717, 1.165) is 24.3 Å². The Bertz CT molecular complexity index is 417. The minimum atomic E-state index is 0.160. The minimum absolute atomic E-state index is 0.160. The van der Waals surface area contributed by atoms with Crippen LogP contribution in [0.5, 0.6) is 0 Å². The number of rotatable bonds is 6. The predicted molar refractivity (Wildman–Crippen MR) is 80.8 cm³/mol. The summed E-state index contributed by atoms with van der Waals surface area (Å²) in [6, 6.07) is 7.80. The molecule has 1 aromatic rings. The molecular weight excluding hydrogens is 238 g/mol. The molecule has 1 aromatic carbocycles. The van der Waals surface area contributed by atoms with Gasteiger partial charge in [0, 0.05) is 24.3 Å². The number of hydrogen-bond donors (Lipinski definition) is 2. The van der Waals surface area contributed by atoms with Crippen LogP contribution < -0.4 is 10.6 Å². The number of amidine groups is 1. The standard InChI is InChI=1S/C15H25N3O/c1-11(2)9-18(10-12(3)4)14-8-6-5-7-13(14)15(16)17-19/h5-8,11-12,19H,9-10H2,1-4H3,(H2,16,17). The van der Waals surface area contributed by atoms with E-state index in [1.165, 1.54) is 0 Å². The Kier molecular flexibility index (Phi) is 5.67. The zero-order chi connectivity index (χ0) is 14.4. The van der Waals surface area contributed by atoms with E-state index in [1.54, 1.807) is 0 Å². The van der Waals surface area contributed by atoms with E-state index in [4.69, 9.17) is 10.9 Å². The molecule has 19 heavy (non-hydrogen) atoms. The van der Waals surface area contributed by atoms with Crippen molar-refractivity contribution in [1.82, 2.24) is 0 Å². The molecule has 0 bridgehead atoms. The van der Waals surface area contributed by atoms with Crippen molar-refractivity contribution < 1.29 is 5.21 Å². The van der Waals surface area contributed by atoms with E-state index in [1.807, 2.05) is 24.3 Å². The van der Waals surface area contributed by atoms with Gasteiger partial charge in [-0.15, -0.1) is 0 Å². The first kappa shape index (κ1) is 15.3. The average molecular weight is 263 g/mol. The molecular formula is C15H25N3O. The topological polar surface area (TPSA) is 61.8 Å². The summed E-state index contributed by atoms with van der Waals surface area (Å²) < 4.78 is 0. The molecule has 4 nitrogen and oxygen atoms in total. The van der Waals surface area contributed by atoms with Gasteiger partial charge >= 0.3 is 0 Å². The molecule has 0 fully saturated rings. The zero-order valence-corrected chi connectivity index (χ0v) is 12.3. The second-order valence-electron chi connectivity index (χ2n) is 5.70. The van der Waals surface area contributed by atoms with Crippen molar-refractivity contribution in [3.05, 3.63) is 29.8 Å². The molecule has 0 amide bonds. The maximum Gasteiger partial charge on any atom is 0.172 e. The van der Waals surface area contributed by atoms with Gasteiger partial charge in [0.15, 0.2) is 5.84 Å². The van der Waals surface area contributed by atoms with Gasteiger partial charge in [-0.1, -0.05) is 45.0 Å². The molecule has 0 aliphatic heterocycles. The molecule has 3 N–H and O–H groups in total. The molecule has 0 radical (unpaired) electrons. The fraction of sp³-hybridized carbons (Fsp3) is 0.533. The Labute approximate surface area is 115 Å². The van der Waals surface area contributed by atoms with Gasteiger partial charge in [0.1, 0.15) is 0 Å². The molecule has 0 unspecified atom stereocenters. The smallest absolute Gasteiger partial charge is 0.172 e. The van der Waals surface area contributed by atoms with Gasteiger partial charge < -0.3 is 15.8 Å². The van der Waals surface area contributed by atoms with Gasteiger partial charge in [-0.25, -0.2) is 0 Å². The lowest BCUT2D eigenvalue weighted by Crippen LogP contribution is -2.33. The highest BCUT2D eigenvalue weighted by Gasteiger charge is 2.15. The first-order chi connectivity index (χ1) is 8.95. The molecule has 0 aromatic heterocycles. The van der Waals surface area contributed by atoms with Gasteiger partial charge in [0.2, 0.25) is 0 Å². The molecule has 0 aliphatic carbocycles. The lowest BCUT2D eigenvalue weighted by atomic mass is 10.1. The van der Waals surface area contributed by atoms with E-state index >= 15 is 0 Å². The van der Waals surface area contributed by atoms with Crippen LogP contribution in [-0.4, -0.2) is 24.1 Å². The Hall–Kier alpha value is -1.71. The van der Waals surface area contributed by atoms with Crippen molar-refractivity contribution in [2.75, 3.05) is 18.0 Å². The first-order valence-corrected chi connectivity index (χ1v) is 6.77. The van der Waals surface area contributed by atoms with Crippen LogP contribution in [-0.2, 0) is 0 Å². The van der Waals surface area contributed by atoms with E-state index in [9.17, 15) is 0 Å². The number of benzene rings is 1. The minimum Gasteiger partial charge on any atom is -0.409 e. The van der Waals surface area contributed by atoms with Crippen molar-refractivity contribution in [3.8, 4) is 0 Å². The third-order valence-corrected chi connectivity index (χ3v) is 2.80. The van der Waals surface area contributed by atoms with Crippen molar-refractivity contribution in [2.45, 2.75) is 27.7 Å². The number of hydrogen-bond acceptors (Lipinski definition) is 3. The summed E-state index contributed by atoms with van der Waals surface area (Å²) in [5, 5.41) is 12.0. The molecule has 0 saturated heterocycles. The monoisotopic (exact) mass is 263 g/mol. The fourth-order valence-corrected chi connectivity index (χ4v) is 2.17. The molecule has 4 heteroatoms. The van der Waals surface area contributed by atoms with Crippen LogP contribution in [0, 0.1) is 11.8 Å². The van der Waals surface area contributed by atoms with Gasteiger partial charge in [0.05, 0.1) is 0 Å². The molecule has 1 rings (SSSR count). The van der Waals surface area contributed by atoms with Crippen LogP contribution in [0.4, 0.5) is 5.69 Å². The van der Waals surface area contributed by atoms with Crippen molar-refractivity contribution in [2.24, 2.45) is 22.7 Å². The van der Waals surface area contributed by atoms with Crippen LogP contribution in [0.3, 0.4) is 0 Å². The summed E-state index contributed by atoms with van der Waals surface area (Å²) >= 11 is 0. The van der Waals surface area contributed by atoms with Crippen LogP contribution in [0.1, 0.15) is 33.3 Å². The molecule has 0 aliphatic rings. The fourth-order valence-electron chi connectivity index (χ4n) is 2.17. The average Bonchev–Trinajstić information content (AvgIpc) is 2.36. The van der Waals surface area contributed by atoms with Crippen LogP contribution in [0.25, 0.3) is 0 Å². The van der Waals surface area contributed by atoms with E-state index in [2.05, 4.69) is 37.8 Å². The summed E-state index contributed by atoms with van der Waals surface area (Å²) in [5.74, 6) is 1.27. The molecule has 0 spiro atoms. The maximum absolute atomic E-state index is 8.90. The SMILES string of the molecule is CC(C)CN(CC(C)C)c1ccccc1/C(N)=N/O. The van der Waals surface area contributed by atoms with Gasteiger partial charge in [0.25, 0.3) is 0 Å². The Morgan fingerprint density at radius 1 is 1.16 bits per heavy atom. The Morgan fingerprint density at radius 3 is 2.16 bits per heavy atom. The van der Waals surface area contributed by atoms with Gasteiger partial charge in [-0.2, -0.15) is 0 Å². The zero-order valence-electron chi connectivity index (χ0n) is 12.3. The number of oxime groups is 1. The van der Waals surface area contributed by atoms with Crippen molar-refractivity contribution in [3.63, 3.8) is 0 Å². The van der Waals surface area contributed by atoms with Crippen molar-refractivity contribution in [1.29, 1.82) is 0 Å². The van der Waals surface area contributed by atoms with Crippen LogP contribution in [0.2, 0.25) is 0 Å². The lowest BCUT2D eigenvalue weighted by molar-refractivity contribution is 0.318. The quantitative estimate of drug-likeness (QED) is 0.359. The van der Waals surface area contributed by atoms with Crippen molar-refractivity contribution >= 4 is 11.5 Å². The van der Waals surface area contributed by atoms with Gasteiger partial charge in [-0.05, 0) is 24.0 Å². The summed E-state index contributed by atoms with van der Waals surface area (Å²) in [4.78, 5) is 2.31. The Balaban J connectivity index is 3.14. The van der Waals surface area contributed by atoms with Crippen LogP contribution >= 0.6 is 0 Å². The maximum atomic E-state index is 8.90.